The van der Waals surface area contributed by atoms with Crippen molar-refractivity contribution in [2.45, 2.75) is 44.9 Å². The lowest BCUT2D eigenvalue weighted by atomic mass is 9.77. The largest absolute Gasteiger partial charge is 0.122 e. The minimum absolute atomic E-state index is 0.403. The van der Waals surface area contributed by atoms with E-state index in [1.165, 1.54) is 25.7 Å². The van der Waals surface area contributed by atoms with Crippen LogP contribution in [0.4, 0.5) is 0 Å². The van der Waals surface area contributed by atoms with Crippen molar-refractivity contribution in [1.82, 2.24) is 0 Å². The summed E-state index contributed by atoms with van der Waals surface area (Å²) in [5.41, 5.74) is 0.403. The highest BCUT2D eigenvalue weighted by molar-refractivity contribution is 6.21. The number of halogens is 1. The summed E-state index contributed by atoms with van der Waals surface area (Å²) in [7, 11) is 0. The average Bonchev–Trinajstić information content (AvgIpc) is 1.77. The number of hydrogen-bond donors (Lipinski definition) is 0. The SMILES string of the molecule is CC1(C)CCCCC1Cl. The second-order valence-electron chi connectivity index (χ2n) is 3.70. The second-order valence-corrected chi connectivity index (χ2v) is 4.23. The van der Waals surface area contributed by atoms with Crippen LogP contribution in [-0.2, 0) is 0 Å². The van der Waals surface area contributed by atoms with E-state index < -0.39 is 0 Å². The van der Waals surface area contributed by atoms with Crippen LogP contribution in [0, 0.1) is 5.41 Å². The normalized spacial score (nSPS) is 34.3. The van der Waals surface area contributed by atoms with Gasteiger partial charge >= 0.3 is 0 Å². The van der Waals surface area contributed by atoms with Gasteiger partial charge in [0.05, 0.1) is 0 Å². The molecule has 1 rings (SSSR count). The Balaban J connectivity index is 2.49. The molecule has 1 heteroatoms. The van der Waals surface area contributed by atoms with Crippen LogP contribution in [0.15, 0.2) is 0 Å². The van der Waals surface area contributed by atoms with E-state index in [1.54, 1.807) is 0 Å². The van der Waals surface area contributed by atoms with Crippen molar-refractivity contribution < 1.29 is 0 Å². The lowest BCUT2D eigenvalue weighted by Gasteiger charge is -2.34. The van der Waals surface area contributed by atoms with Crippen LogP contribution in [0.5, 0.6) is 0 Å². The molecular formula is C8H15Cl. The van der Waals surface area contributed by atoms with Gasteiger partial charge in [-0.25, -0.2) is 0 Å². The molecule has 0 nitrogen and oxygen atoms in total. The first-order valence-electron chi connectivity index (χ1n) is 3.77. The fraction of sp³-hybridized carbons (Fsp3) is 1.00. The highest BCUT2D eigenvalue weighted by Gasteiger charge is 2.29. The molecule has 0 aliphatic heterocycles. The molecule has 1 fully saturated rings. The van der Waals surface area contributed by atoms with E-state index in [1.807, 2.05) is 0 Å². The molecule has 0 heterocycles. The third-order valence-electron chi connectivity index (χ3n) is 2.38. The van der Waals surface area contributed by atoms with E-state index in [-0.39, 0.29) is 0 Å². The van der Waals surface area contributed by atoms with Crippen LogP contribution in [0.25, 0.3) is 0 Å². The predicted molar refractivity (Wildman–Crippen MR) is 41.9 cm³/mol. The summed E-state index contributed by atoms with van der Waals surface area (Å²) < 4.78 is 0. The number of rotatable bonds is 0. The summed E-state index contributed by atoms with van der Waals surface area (Å²) in [6.07, 6.45) is 5.23. The third-order valence-corrected chi connectivity index (χ3v) is 3.19. The van der Waals surface area contributed by atoms with Gasteiger partial charge in [0.15, 0.2) is 0 Å². The molecule has 1 atom stereocenters. The van der Waals surface area contributed by atoms with Crippen LogP contribution in [-0.4, -0.2) is 5.38 Å². The Hall–Kier alpha value is 0.290. The zero-order valence-corrected chi connectivity index (χ0v) is 7.04. The maximum Gasteiger partial charge on any atom is 0.0387 e. The van der Waals surface area contributed by atoms with Gasteiger partial charge in [-0.1, -0.05) is 26.7 Å². The minimum atomic E-state index is 0.403. The molecule has 9 heavy (non-hydrogen) atoms. The first-order chi connectivity index (χ1) is 4.13. The van der Waals surface area contributed by atoms with Gasteiger partial charge in [-0.15, -0.1) is 11.6 Å². The molecule has 0 amide bonds. The molecule has 0 saturated heterocycles. The smallest absolute Gasteiger partial charge is 0.0387 e. The van der Waals surface area contributed by atoms with Gasteiger partial charge in [0.1, 0.15) is 0 Å². The summed E-state index contributed by atoms with van der Waals surface area (Å²) in [6.45, 7) is 4.54. The van der Waals surface area contributed by atoms with E-state index in [9.17, 15) is 0 Å². The molecule has 0 spiro atoms. The van der Waals surface area contributed by atoms with Crippen LogP contribution >= 0.6 is 11.6 Å². The molecule has 0 radical (unpaired) electrons. The van der Waals surface area contributed by atoms with Gasteiger partial charge in [0, 0.05) is 5.38 Å². The fourth-order valence-corrected chi connectivity index (χ4v) is 1.71. The molecule has 0 bridgehead atoms. The van der Waals surface area contributed by atoms with Crippen LogP contribution < -0.4 is 0 Å². The first-order valence-corrected chi connectivity index (χ1v) is 4.21. The van der Waals surface area contributed by atoms with Gasteiger partial charge in [0.25, 0.3) is 0 Å². The molecule has 1 saturated carbocycles. The van der Waals surface area contributed by atoms with Crippen molar-refractivity contribution in [1.29, 1.82) is 0 Å². The molecule has 0 N–H and O–H groups in total. The van der Waals surface area contributed by atoms with Crippen molar-refractivity contribution in [2.75, 3.05) is 0 Å². The first kappa shape index (κ1) is 7.40. The maximum atomic E-state index is 6.11. The zero-order chi connectivity index (χ0) is 6.91. The average molecular weight is 147 g/mol. The van der Waals surface area contributed by atoms with Crippen molar-refractivity contribution >= 4 is 11.6 Å². The Morgan fingerprint density at radius 3 is 2.33 bits per heavy atom. The van der Waals surface area contributed by atoms with Crippen LogP contribution in [0.2, 0.25) is 0 Å². The van der Waals surface area contributed by atoms with Crippen molar-refractivity contribution in [2.24, 2.45) is 5.41 Å². The summed E-state index contributed by atoms with van der Waals surface area (Å²) >= 11 is 6.11. The van der Waals surface area contributed by atoms with E-state index >= 15 is 0 Å². The van der Waals surface area contributed by atoms with Gasteiger partial charge < -0.3 is 0 Å². The highest BCUT2D eigenvalue weighted by Crippen LogP contribution is 2.38. The summed E-state index contributed by atoms with van der Waals surface area (Å²) in [6, 6.07) is 0. The number of hydrogen-bond acceptors (Lipinski definition) is 0. The van der Waals surface area contributed by atoms with Crippen molar-refractivity contribution in [3.8, 4) is 0 Å². The standard InChI is InChI=1S/C8H15Cl/c1-8(2)6-4-3-5-7(8)9/h7H,3-6H2,1-2H3. The third kappa shape index (κ3) is 1.61. The van der Waals surface area contributed by atoms with Gasteiger partial charge in [-0.05, 0) is 18.3 Å². The molecule has 1 aliphatic carbocycles. The van der Waals surface area contributed by atoms with E-state index in [0.717, 1.165) is 0 Å². The molecular weight excluding hydrogens is 132 g/mol. The Kier molecular flexibility index (Phi) is 2.05. The molecule has 1 unspecified atom stereocenters. The van der Waals surface area contributed by atoms with E-state index in [2.05, 4.69) is 13.8 Å². The minimum Gasteiger partial charge on any atom is -0.122 e. The molecule has 1 aliphatic rings. The summed E-state index contributed by atoms with van der Waals surface area (Å²) in [5, 5.41) is 0.422. The highest BCUT2D eigenvalue weighted by atomic mass is 35.5. The second kappa shape index (κ2) is 2.49. The Labute approximate surface area is 62.6 Å². The van der Waals surface area contributed by atoms with E-state index in [4.69, 9.17) is 11.6 Å². The van der Waals surface area contributed by atoms with Gasteiger partial charge in [-0.3, -0.25) is 0 Å². The molecule has 0 aromatic carbocycles. The topological polar surface area (TPSA) is 0 Å². The lowest BCUT2D eigenvalue weighted by Crippen LogP contribution is -2.28. The Bertz CT molecular complexity index is 96.7. The molecule has 54 valence electrons. The Morgan fingerprint density at radius 2 is 2.00 bits per heavy atom. The summed E-state index contributed by atoms with van der Waals surface area (Å²) in [4.78, 5) is 0. The lowest BCUT2D eigenvalue weighted by molar-refractivity contribution is 0.252. The zero-order valence-electron chi connectivity index (χ0n) is 6.28. The van der Waals surface area contributed by atoms with Gasteiger partial charge in [-0.2, -0.15) is 0 Å². The summed E-state index contributed by atoms with van der Waals surface area (Å²) in [5.74, 6) is 0. The molecule has 0 aromatic heterocycles. The van der Waals surface area contributed by atoms with E-state index in [0.29, 0.717) is 10.8 Å². The maximum absolute atomic E-state index is 6.11. The molecule has 0 aromatic rings. The quantitative estimate of drug-likeness (QED) is 0.461. The monoisotopic (exact) mass is 146 g/mol. The van der Waals surface area contributed by atoms with Crippen LogP contribution in [0.3, 0.4) is 0 Å². The van der Waals surface area contributed by atoms with Crippen molar-refractivity contribution in [3.63, 3.8) is 0 Å². The van der Waals surface area contributed by atoms with Gasteiger partial charge in [0.2, 0.25) is 0 Å². The number of alkyl halides is 1. The Morgan fingerprint density at radius 1 is 1.33 bits per heavy atom. The van der Waals surface area contributed by atoms with Crippen molar-refractivity contribution in [3.05, 3.63) is 0 Å². The fourth-order valence-electron chi connectivity index (χ4n) is 1.45. The van der Waals surface area contributed by atoms with Crippen LogP contribution in [0.1, 0.15) is 39.5 Å². The predicted octanol–water partition coefficient (Wildman–Crippen LogP) is 3.19.